The standard InChI is InChI=1S/C15H12O6S/c16-13-8-4-1-2-5-9(8)14(17)12-10(13)6-3-7-11(12)15(18)22(19,20)21/h1-7,15,18,22H,(H2,19,20,21). The van der Waals surface area contributed by atoms with Gasteiger partial charge in [-0.05, 0) is 0 Å². The molecule has 7 heteroatoms. The minimum absolute atomic E-state index is 0.0358. The number of benzene rings is 2. The first kappa shape index (κ1) is 14.7. The van der Waals surface area contributed by atoms with Gasteiger partial charge >= 0.3 is 0 Å². The molecular formula is C15H12O6S. The lowest BCUT2D eigenvalue weighted by Gasteiger charge is -2.24. The van der Waals surface area contributed by atoms with Gasteiger partial charge in [0.25, 0.3) is 0 Å². The molecule has 3 rings (SSSR count). The largest absolute Gasteiger partial charge is 0.373 e. The van der Waals surface area contributed by atoms with Crippen molar-refractivity contribution in [2.75, 3.05) is 0 Å². The highest BCUT2D eigenvalue weighted by Crippen LogP contribution is 2.34. The summed E-state index contributed by atoms with van der Waals surface area (Å²) in [5.41, 5.74) is -2.10. The van der Waals surface area contributed by atoms with E-state index < -0.39 is 27.5 Å². The molecule has 0 aromatic heterocycles. The van der Waals surface area contributed by atoms with Gasteiger partial charge in [0.1, 0.15) is 10.5 Å². The van der Waals surface area contributed by atoms with Crippen molar-refractivity contribution in [2.24, 2.45) is 0 Å². The highest BCUT2D eigenvalue weighted by Gasteiger charge is 2.34. The Morgan fingerprint density at radius 1 is 0.818 bits per heavy atom. The number of aliphatic hydroxyl groups excluding tert-OH is 1. The third-order valence-corrected chi connectivity index (χ3v) is 4.50. The Balaban J connectivity index is 2.28. The maximum Gasteiger partial charge on any atom is 0.194 e. The van der Waals surface area contributed by atoms with Crippen LogP contribution in [0.5, 0.6) is 0 Å². The molecule has 0 saturated heterocycles. The molecule has 2 aromatic rings. The van der Waals surface area contributed by atoms with Gasteiger partial charge in [0.15, 0.2) is 17.0 Å². The lowest BCUT2D eigenvalue weighted by molar-refractivity contribution is 0.0976. The normalized spacial score (nSPS) is 16.0. The molecule has 0 saturated carbocycles. The average Bonchev–Trinajstić information content (AvgIpc) is 2.50. The molecule has 1 atom stereocenters. The molecule has 6 nitrogen and oxygen atoms in total. The van der Waals surface area contributed by atoms with Crippen LogP contribution in [0.25, 0.3) is 0 Å². The Morgan fingerprint density at radius 2 is 1.36 bits per heavy atom. The van der Waals surface area contributed by atoms with Crippen molar-refractivity contribution in [3.63, 3.8) is 0 Å². The second-order valence-corrected chi connectivity index (χ2v) is 6.60. The van der Waals surface area contributed by atoms with Crippen molar-refractivity contribution in [3.8, 4) is 0 Å². The minimum Gasteiger partial charge on any atom is -0.373 e. The highest BCUT2D eigenvalue weighted by atomic mass is 32.3. The molecule has 114 valence electrons. The van der Waals surface area contributed by atoms with Crippen LogP contribution < -0.4 is 0 Å². The molecule has 1 unspecified atom stereocenters. The first-order valence-electron chi connectivity index (χ1n) is 6.37. The summed E-state index contributed by atoms with van der Waals surface area (Å²) in [5, 5.41) is 9.84. The summed E-state index contributed by atoms with van der Waals surface area (Å²) < 4.78 is 29.6. The van der Waals surface area contributed by atoms with Crippen LogP contribution in [0.15, 0.2) is 42.5 Å². The summed E-state index contributed by atoms with van der Waals surface area (Å²) in [6.07, 6.45) is 0. The van der Waals surface area contributed by atoms with Crippen molar-refractivity contribution in [2.45, 2.75) is 5.44 Å². The number of carbonyl (C=O) groups excluding carboxylic acids is 2. The smallest absolute Gasteiger partial charge is 0.194 e. The van der Waals surface area contributed by atoms with E-state index >= 15 is 0 Å². The van der Waals surface area contributed by atoms with E-state index in [4.69, 9.17) is 9.11 Å². The SMILES string of the molecule is O=C1c2ccccc2C(=O)c2c1cccc2C(O)[SH](=O)(O)O. The molecule has 0 heterocycles. The predicted molar refractivity (Wildman–Crippen MR) is 79.5 cm³/mol. The number of carbonyl (C=O) groups is 2. The van der Waals surface area contributed by atoms with Gasteiger partial charge in [0, 0.05) is 27.8 Å². The van der Waals surface area contributed by atoms with Crippen LogP contribution >= 0.6 is 0 Å². The maximum absolute atomic E-state index is 12.6. The topological polar surface area (TPSA) is 112 Å². The van der Waals surface area contributed by atoms with E-state index in [-0.39, 0.29) is 27.8 Å². The molecule has 0 spiro atoms. The van der Waals surface area contributed by atoms with Crippen molar-refractivity contribution in [3.05, 3.63) is 70.3 Å². The Hall–Kier alpha value is -2.19. The molecule has 0 radical (unpaired) electrons. The van der Waals surface area contributed by atoms with Gasteiger partial charge < -0.3 is 14.2 Å². The second kappa shape index (κ2) is 4.92. The van der Waals surface area contributed by atoms with E-state index in [1.807, 2.05) is 0 Å². The van der Waals surface area contributed by atoms with E-state index in [1.54, 1.807) is 12.1 Å². The van der Waals surface area contributed by atoms with Gasteiger partial charge in [0.05, 0.1) is 0 Å². The summed E-state index contributed by atoms with van der Waals surface area (Å²) in [4.78, 5) is 25.0. The van der Waals surface area contributed by atoms with Gasteiger partial charge in [-0.2, -0.15) is 0 Å². The monoisotopic (exact) mass is 320 g/mol. The molecule has 1 aliphatic carbocycles. The fraction of sp³-hybridized carbons (Fsp3) is 0.0667. The second-order valence-electron chi connectivity index (χ2n) is 4.94. The van der Waals surface area contributed by atoms with Crippen LogP contribution in [0.2, 0.25) is 0 Å². The van der Waals surface area contributed by atoms with Crippen LogP contribution in [-0.2, 0) is 10.5 Å². The average molecular weight is 320 g/mol. The number of aliphatic hydroxyl groups is 1. The first-order valence-corrected chi connectivity index (χ1v) is 8.05. The number of thiol groups is 1. The number of rotatable bonds is 2. The van der Waals surface area contributed by atoms with Crippen LogP contribution in [-0.4, -0.2) is 30.0 Å². The lowest BCUT2D eigenvalue weighted by atomic mass is 9.82. The zero-order valence-electron chi connectivity index (χ0n) is 11.1. The van der Waals surface area contributed by atoms with Gasteiger partial charge in [-0.1, -0.05) is 42.5 Å². The quantitative estimate of drug-likeness (QED) is 0.531. The van der Waals surface area contributed by atoms with Crippen LogP contribution in [0, 0.1) is 0 Å². The zero-order valence-corrected chi connectivity index (χ0v) is 12.0. The Kier molecular flexibility index (Phi) is 3.30. The van der Waals surface area contributed by atoms with E-state index in [2.05, 4.69) is 0 Å². The Bertz CT molecular complexity index is 851. The Labute approximate surface area is 126 Å². The van der Waals surface area contributed by atoms with Crippen LogP contribution in [0.4, 0.5) is 0 Å². The third kappa shape index (κ3) is 2.11. The Morgan fingerprint density at radius 3 is 1.95 bits per heavy atom. The molecule has 2 aromatic carbocycles. The summed E-state index contributed by atoms with van der Waals surface area (Å²) in [5.74, 6) is -0.946. The molecule has 22 heavy (non-hydrogen) atoms. The molecule has 0 bridgehead atoms. The minimum atomic E-state index is -4.86. The number of ketones is 2. The fourth-order valence-electron chi connectivity index (χ4n) is 2.57. The summed E-state index contributed by atoms with van der Waals surface area (Å²) in [7, 11) is -4.86. The highest BCUT2D eigenvalue weighted by molar-refractivity contribution is 7.92. The van der Waals surface area contributed by atoms with E-state index in [0.717, 1.165) is 0 Å². The van der Waals surface area contributed by atoms with Gasteiger partial charge in [-0.25, -0.2) is 4.21 Å². The molecule has 3 N–H and O–H groups in total. The maximum atomic E-state index is 12.6. The predicted octanol–water partition coefficient (Wildman–Crippen LogP) is 1.42. The molecule has 1 aliphatic rings. The van der Waals surface area contributed by atoms with Crippen molar-refractivity contribution < 1.29 is 28.0 Å². The summed E-state index contributed by atoms with van der Waals surface area (Å²) in [6, 6.07) is 10.2. The molecule has 0 fully saturated rings. The van der Waals surface area contributed by atoms with Crippen molar-refractivity contribution in [1.82, 2.24) is 0 Å². The lowest BCUT2D eigenvalue weighted by Crippen LogP contribution is -2.26. The zero-order chi connectivity index (χ0) is 16.1. The summed E-state index contributed by atoms with van der Waals surface area (Å²) in [6.45, 7) is 0. The number of fused-ring (bicyclic) bond motifs is 2. The fourth-order valence-corrected chi connectivity index (χ4v) is 3.15. The van der Waals surface area contributed by atoms with Crippen LogP contribution in [0.3, 0.4) is 0 Å². The van der Waals surface area contributed by atoms with Gasteiger partial charge in [-0.3, -0.25) is 9.59 Å². The van der Waals surface area contributed by atoms with E-state index in [0.29, 0.717) is 0 Å². The number of hydrogen-bond donors (Lipinski definition) is 4. The van der Waals surface area contributed by atoms with Crippen LogP contribution in [0.1, 0.15) is 42.8 Å². The molecule has 0 aliphatic heterocycles. The summed E-state index contributed by atoms with van der Waals surface area (Å²) >= 11 is 0. The first-order chi connectivity index (χ1) is 10.3. The van der Waals surface area contributed by atoms with Crippen molar-refractivity contribution in [1.29, 1.82) is 0 Å². The van der Waals surface area contributed by atoms with Gasteiger partial charge in [0.2, 0.25) is 0 Å². The van der Waals surface area contributed by atoms with E-state index in [1.165, 1.54) is 30.3 Å². The number of hydrogen-bond acceptors (Lipinski definition) is 4. The van der Waals surface area contributed by atoms with Gasteiger partial charge in [-0.15, -0.1) is 0 Å². The van der Waals surface area contributed by atoms with E-state index in [9.17, 15) is 18.9 Å². The third-order valence-electron chi connectivity index (χ3n) is 3.58. The molecule has 0 amide bonds. The van der Waals surface area contributed by atoms with Crippen molar-refractivity contribution >= 4 is 22.1 Å². The molecular weight excluding hydrogens is 308 g/mol.